The minimum Gasteiger partial charge on any atom is -0.333 e. The van der Waals surface area contributed by atoms with Crippen LogP contribution < -0.4 is 0 Å². The van der Waals surface area contributed by atoms with Crippen LogP contribution in [0, 0.1) is 41.5 Å². The maximum atomic E-state index is 4.95. The van der Waals surface area contributed by atoms with Crippen molar-refractivity contribution in [2.75, 3.05) is 0 Å². The molecule has 0 saturated carbocycles. The van der Waals surface area contributed by atoms with Gasteiger partial charge in [-0.25, -0.2) is 4.98 Å². The summed E-state index contributed by atoms with van der Waals surface area (Å²) >= 11 is 0. The first-order chi connectivity index (χ1) is 11.8. The Hall–Kier alpha value is -2.62. The molecule has 0 aliphatic carbocycles. The number of aromatic nitrogens is 4. The zero-order chi connectivity index (χ0) is 18.0. The summed E-state index contributed by atoms with van der Waals surface area (Å²) in [6, 6.07) is 6.67. The molecule has 3 heterocycles. The smallest absolute Gasteiger partial charge is 0.165 e. The average molecular weight is 332 g/mol. The van der Waals surface area contributed by atoms with E-state index >= 15 is 0 Å². The van der Waals surface area contributed by atoms with E-state index in [4.69, 9.17) is 10.1 Å². The van der Waals surface area contributed by atoms with E-state index in [1.54, 1.807) is 0 Å². The van der Waals surface area contributed by atoms with Gasteiger partial charge in [0.25, 0.3) is 0 Å². The summed E-state index contributed by atoms with van der Waals surface area (Å²) < 4.78 is 4.21. The van der Waals surface area contributed by atoms with Gasteiger partial charge < -0.3 is 4.57 Å². The van der Waals surface area contributed by atoms with Gasteiger partial charge in [0.1, 0.15) is 5.65 Å². The molecule has 4 rings (SSSR count). The standard InChI is InChI=1S/C21H24N4/c1-11-8-12(2)18(13(3)9-11)19-16(6)23-25-20(19)22-15(5)17-10-14(4)24(7)21(17)25/h8-10H,1-7H3. The maximum absolute atomic E-state index is 4.95. The highest BCUT2D eigenvalue weighted by atomic mass is 15.3. The molecule has 0 atom stereocenters. The van der Waals surface area contributed by atoms with Crippen LogP contribution in [-0.4, -0.2) is 19.2 Å². The number of hydrogen-bond acceptors (Lipinski definition) is 2. The van der Waals surface area contributed by atoms with Crippen molar-refractivity contribution < 1.29 is 0 Å². The van der Waals surface area contributed by atoms with E-state index in [9.17, 15) is 0 Å². The molecular weight excluding hydrogens is 308 g/mol. The summed E-state index contributed by atoms with van der Waals surface area (Å²) in [5.41, 5.74) is 11.6. The van der Waals surface area contributed by atoms with Crippen molar-refractivity contribution in [3.05, 3.63) is 52.0 Å². The van der Waals surface area contributed by atoms with Crippen LogP contribution in [0.25, 0.3) is 27.8 Å². The van der Waals surface area contributed by atoms with Crippen LogP contribution in [0.2, 0.25) is 0 Å². The van der Waals surface area contributed by atoms with E-state index in [2.05, 4.69) is 71.4 Å². The topological polar surface area (TPSA) is 35.1 Å². The van der Waals surface area contributed by atoms with Crippen LogP contribution in [0.5, 0.6) is 0 Å². The highest BCUT2D eigenvalue weighted by Crippen LogP contribution is 2.35. The highest BCUT2D eigenvalue weighted by molar-refractivity contribution is 5.89. The first kappa shape index (κ1) is 15.9. The second-order valence-corrected chi connectivity index (χ2v) is 7.25. The minimum atomic E-state index is 0.943. The molecule has 0 aliphatic rings. The fourth-order valence-electron chi connectivity index (χ4n) is 4.09. The van der Waals surface area contributed by atoms with Crippen molar-refractivity contribution in [1.82, 2.24) is 19.2 Å². The van der Waals surface area contributed by atoms with Gasteiger partial charge in [-0.15, -0.1) is 0 Å². The number of benzene rings is 1. The van der Waals surface area contributed by atoms with Crippen LogP contribution in [0.1, 0.15) is 33.8 Å². The van der Waals surface area contributed by atoms with Crippen molar-refractivity contribution in [3.8, 4) is 11.1 Å². The van der Waals surface area contributed by atoms with Gasteiger partial charge in [0.2, 0.25) is 0 Å². The minimum absolute atomic E-state index is 0.943. The lowest BCUT2D eigenvalue weighted by molar-refractivity contribution is 0.846. The third-order valence-electron chi connectivity index (χ3n) is 5.27. The molecule has 4 aromatic rings. The predicted octanol–water partition coefficient (Wildman–Crippen LogP) is 4.74. The maximum Gasteiger partial charge on any atom is 0.165 e. The third kappa shape index (κ3) is 2.13. The molecule has 0 saturated heterocycles. The zero-order valence-corrected chi connectivity index (χ0v) is 16.0. The van der Waals surface area contributed by atoms with Gasteiger partial charge in [0.15, 0.2) is 5.65 Å². The Morgan fingerprint density at radius 1 is 0.800 bits per heavy atom. The number of aryl methyl sites for hydroxylation is 7. The molecule has 0 radical (unpaired) electrons. The number of rotatable bonds is 1. The molecule has 0 aliphatic heterocycles. The summed E-state index contributed by atoms with van der Waals surface area (Å²) in [5.74, 6) is 0. The van der Waals surface area contributed by atoms with Crippen LogP contribution >= 0.6 is 0 Å². The zero-order valence-electron chi connectivity index (χ0n) is 16.0. The average Bonchev–Trinajstić information content (AvgIpc) is 2.98. The van der Waals surface area contributed by atoms with Crippen LogP contribution in [0.3, 0.4) is 0 Å². The predicted molar refractivity (Wildman–Crippen MR) is 103 cm³/mol. The fourth-order valence-corrected chi connectivity index (χ4v) is 4.09. The van der Waals surface area contributed by atoms with Crippen LogP contribution in [0.15, 0.2) is 18.2 Å². The number of fused-ring (bicyclic) bond motifs is 3. The molecule has 0 unspecified atom stereocenters. The van der Waals surface area contributed by atoms with Gasteiger partial charge in [0.05, 0.1) is 17.0 Å². The van der Waals surface area contributed by atoms with Crippen molar-refractivity contribution in [2.45, 2.75) is 41.5 Å². The second-order valence-electron chi connectivity index (χ2n) is 7.25. The largest absolute Gasteiger partial charge is 0.333 e. The van der Waals surface area contributed by atoms with Gasteiger partial charge in [-0.3, -0.25) is 0 Å². The first-order valence-corrected chi connectivity index (χ1v) is 8.69. The Morgan fingerprint density at radius 3 is 2.08 bits per heavy atom. The molecule has 4 nitrogen and oxygen atoms in total. The van der Waals surface area contributed by atoms with E-state index in [1.165, 1.54) is 33.3 Å². The quantitative estimate of drug-likeness (QED) is 0.505. The molecule has 3 aromatic heterocycles. The fraction of sp³-hybridized carbons (Fsp3) is 0.333. The molecule has 25 heavy (non-hydrogen) atoms. The number of hydrogen-bond donors (Lipinski definition) is 0. The molecule has 0 spiro atoms. The van der Waals surface area contributed by atoms with Crippen molar-refractivity contribution in [1.29, 1.82) is 0 Å². The molecule has 0 N–H and O–H groups in total. The van der Waals surface area contributed by atoms with E-state index in [1.807, 2.05) is 4.52 Å². The lowest BCUT2D eigenvalue weighted by Gasteiger charge is -2.11. The van der Waals surface area contributed by atoms with Gasteiger partial charge in [-0.2, -0.15) is 9.61 Å². The van der Waals surface area contributed by atoms with Gasteiger partial charge in [-0.1, -0.05) is 17.7 Å². The normalized spacial score (nSPS) is 11.8. The highest BCUT2D eigenvalue weighted by Gasteiger charge is 2.21. The molecule has 0 amide bonds. The monoisotopic (exact) mass is 332 g/mol. The Morgan fingerprint density at radius 2 is 1.44 bits per heavy atom. The lowest BCUT2D eigenvalue weighted by Crippen LogP contribution is -2.01. The van der Waals surface area contributed by atoms with E-state index in [0.29, 0.717) is 0 Å². The molecular formula is C21H24N4. The van der Waals surface area contributed by atoms with Crippen molar-refractivity contribution in [2.24, 2.45) is 7.05 Å². The van der Waals surface area contributed by atoms with Gasteiger partial charge >= 0.3 is 0 Å². The molecule has 128 valence electrons. The van der Waals surface area contributed by atoms with Crippen molar-refractivity contribution in [3.63, 3.8) is 0 Å². The molecule has 0 fully saturated rings. The molecule has 1 aromatic carbocycles. The Kier molecular flexibility index (Phi) is 3.29. The Balaban J connectivity index is 2.19. The summed E-state index contributed by atoms with van der Waals surface area (Å²) in [6.45, 7) is 12.8. The van der Waals surface area contributed by atoms with Gasteiger partial charge in [-0.05, 0) is 64.3 Å². The second kappa shape index (κ2) is 5.19. The van der Waals surface area contributed by atoms with Crippen LogP contribution in [-0.2, 0) is 7.05 Å². The summed E-state index contributed by atoms with van der Waals surface area (Å²) in [7, 11) is 2.09. The summed E-state index contributed by atoms with van der Waals surface area (Å²) in [5, 5.41) is 6.04. The van der Waals surface area contributed by atoms with E-state index in [0.717, 1.165) is 28.2 Å². The van der Waals surface area contributed by atoms with E-state index < -0.39 is 0 Å². The van der Waals surface area contributed by atoms with Gasteiger partial charge in [0, 0.05) is 18.1 Å². The SMILES string of the molecule is Cc1cc(C)c(-c2c(C)nn3c2nc(C)c2cc(C)n(C)c23)c(C)c1. The molecule has 0 bridgehead atoms. The summed E-state index contributed by atoms with van der Waals surface area (Å²) in [4.78, 5) is 4.95. The van der Waals surface area contributed by atoms with E-state index in [-0.39, 0.29) is 0 Å². The third-order valence-corrected chi connectivity index (χ3v) is 5.27. The number of nitrogens with zero attached hydrogens (tertiary/aromatic N) is 4. The summed E-state index contributed by atoms with van der Waals surface area (Å²) in [6.07, 6.45) is 0. The van der Waals surface area contributed by atoms with Crippen LogP contribution in [0.4, 0.5) is 0 Å². The Bertz CT molecular complexity index is 1140. The first-order valence-electron chi connectivity index (χ1n) is 8.69. The Labute approximate surface area is 148 Å². The van der Waals surface area contributed by atoms with Crippen molar-refractivity contribution >= 4 is 16.7 Å². The molecule has 4 heteroatoms. The lowest BCUT2D eigenvalue weighted by atomic mass is 9.94.